The van der Waals surface area contributed by atoms with E-state index in [-0.39, 0.29) is 5.02 Å². The van der Waals surface area contributed by atoms with Gasteiger partial charge in [0.1, 0.15) is 11.4 Å². The average Bonchev–Trinajstić information content (AvgIpc) is 2.15. The Bertz CT molecular complexity index is 380. The van der Waals surface area contributed by atoms with Crippen LogP contribution in [-0.4, -0.2) is 18.2 Å². The maximum atomic E-state index is 12.9. The first-order valence-electron chi connectivity index (χ1n) is 5.71. The molecule has 96 valence electrons. The van der Waals surface area contributed by atoms with Crippen molar-refractivity contribution in [1.29, 1.82) is 0 Å². The summed E-state index contributed by atoms with van der Waals surface area (Å²) < 4.78 is 12.9. The Kier molecular flexibility index (Phi) is 4.92. The molecule has 1 unspecified atom stereocenters. The Morgan fingerprint density at radius 2 is 2.12 bits per heavy atom. The van der Waals surface area contributed by atoms with Crippen molar-refractivity contribution in [1.82, 2.24) is 5.32 Å². The van der Waals surface area contributed by atoms with Crippen LogP contribution in [-0.2, 0) is 5.60 Å². The van der Waals surface area contributed by atoms with Gasteiger partial charge >= 0.3 is 0 Å². The Balaban J connectivity index is 2.74. The fourth-order valence-electron chi connectivity index (χ4n) is 1.63. The van der Waals surface area contributed by atoms with Gasteiger partial charge in [-0.05, 0) is 31.5 Å². The van der Waals surface area contributed by atoms with Gasteiger partial charge in [0.05, 0.1) is 0 Å². The molecule has 0 saturated carbocycles. The normalized spacial score (nSPS) is 15.0. The van der Waals surface area contributed by atoms with Gasteiger partial charge in [-0.15, -0.1) is 0 Å². The van der Waals surface area contributed by atoms with Crippen LogP contribution in [0.15, 0.2) is 18.2 Å². The first-order valence-corrected chi connectivity index (χ1v) is 6.09. The van der Waals surface area contributed by atoms with Gasteiger partial charge in [-0.2, -0.15) is 0 Å². The van der Waals surface area contributed by atoms with Crippen molar-refractivity contribution in [3.63, 3.8) is 0 Å². The quantitative estimate of drug-likeness (QED) is 0.852. The van der Waals surface area contributed by atoms with Crippen molar-refractivity contribution in [2.75, 3.05) is 13.1 Å². The van der Waals surface area contributed by atoms with Crippen LogP contribution in [0.3, 0.4) is 0 Å². The molecule has 2 N–H and O–H groups in total. The lowest BCUT2D eigenvalue weighted by Crippen LogP contribution is -2.37. The maximum Gasteiger partial charge on any atom is 0.124 e. The predicted molar refractivity (Wildman–Crippen MR) is 68.7 cm³/mol. The van der Waals surface area contributed by atoms with E-state index in [2.05, 4.69) is 19.2 Å². The van der Waals surface area contributed by atoms with E-state index >= 15 is 0 Å². The summed E-state index contributed by atoms with van der Waals surface area (Å²) in [6.45, 7) is 7.05. The Hall–Kier alpha value is -0.640. The largest absolute Gasteiger partial charge is 0.384 e. The fourth-order valence-corrected chi connectivity index (χ4v) is 2.00. The number of aliphatic hydroxyl groups is 1. The molecule has 1 aromatic carbocycles. The molecule has 0 aliphatic heterocycles. The molecule has 0 aliphatic rings. The zero-order valence-electron chi connectivity index (χ0n) is 10.4. The first kappa shape index (κ1) is 14.4. The van der Waals surface area contributed by atoms with E-state index in [1.54, 1.807) is 6.92 Å². The Labute approximate surface area is 107 Å². The molecule has 17 heavy (non-hydrogen) atoms. The lowest BCUT2D eigenvalue weighted by Gasteiger charge is -2.26. The molecule has 0 heterocycles. The molecule has 1 atom stereocenters. The van der Waals surface area contributed by atoms with Gasteiger partial charge in [0.2, 0.25) is 0 Å². The fraction of sp³-hybridized carbons (Fsp3) is 0.538. The number of hydrogen-bond acceptors (Lipinski definition) is 2. The number of benzene rings is 1. The molecule has 0 bridgehead atoms. The zero-order chi connectivity index (χ0) is 13.1. The van der Waals surface area contributed by atoms with Gasteiger partial charge < -0.3 is 10.4 Å². The molecule has 4 heteroatoms. The van der Waals surface area contributed by atoms with E-state index in [0.29, 0.717) is 18.0 Å². The number of halogens is 2. The molecule has 0 amide bonds. The van der Waals surface area contributed by atoms with Crippen LogP contribution in [0, 0.1) is 11.7 Å². The van der Waals surface area contributed by atoms with E-state index < -0.39 is 11.4 Å². The smallest absolute Gasteiger partial charge is 0.124 e. The lowest BCUT2D eigenvalue weighted by molar-refractivity contribution is 0.0564. The molecule has 0 radical (unpaired) electrons. The highest BCUT2D eigenvalue weighted by Crippen LogP contribution is 2.28. The number of rotatable bonds is 5. The third kappa shape index (κ3) is 4.26. The SMILES string of the molecule is CC(C)CNCC(C)(O)c1ccc(F)cc1Cl. The van der Waals surface area contributed by atoms with Gasteiger partial charge in [0.25, 0.3) is 0 Å². The van der Waals surface area contributed by atoms with Crippen LogP contribution in [0.4, 0.5) is 4.39 Å². The summed E-state index contributed by atoms with van der Waals surface area (Å²) in [5.41, 5.74) is -0.559. The topological polar surface area (TPSA) is 32.3 Å². The van der Waals surface area contributed by atoms with Crippen molar-refractivity contribution in [2.24, 2.45) is 5.92 Å². The molecule has 1 rings (SSSR count). The summed E-state index contributed by atoms with van der Waals surface area (Å²) in [4.78, 5) is 0. The molecule has 0 aliphatic carbocycles. The molecule has 0 aromatic heterocycles. The number of hydrogen-bond donors (Lipinski definition) is 2. The maximum absolute atomic E-state index is 12.9. The van der Waals surface area contributed by atoms with Crippen LogP contribution in [0.1, 0.15) is 26.3 Å². The van der Waals surface area contributed by atoms with Gasteiger partial charge in [-0.25, -0.2) is 4.39 Å². The molecular formula is C13H19ClFNO. The van der Waals surface area contributed by atoms with Crippen LogP contribution in [0.5, 0.6) is 0 Å². The van der Waals surface area contributed by atoms with Crippen LogP contribution >= 0.6 is 11.6 Å². The summed E-state index contributed by atoms with van der Waals surface area (Å²) in [7, 11) is 0. The highest BCUT2D eigenvalue weighted by molar-refractivity contribution is 6.31. The third-order valence-electron chi connectivity index (χ3n) is 2.53. The lowest BCUT2D eigenvalue weighted by atomic mass is 9.95. The van der Waals surface area contributed by atoms with Gasteiger partial charge in [0.15, 0.2) is 0 Å². The Morgan fingerprint density at radius 3 is 2.65 bits per heavy atom. The first-order chi connectivity index (χ1) is 7.83. The van der Waals surface area contributed by atoms with E-state index in [1.165, 1.54) is 18.2 Å². The van der Waals surface area contributed by atoms with Gasteiger partial charge in [-0.3, -0.25) is 0 Å². The van der Waals surface area contributed by atoms with E-state index in [4.69, 9.17) is 11.6 Å². The van der Waals surface area contributed by atoms with Crippen molar-refractivity contribution >= 4 is 11.6 Å². The van der Waals surface area contributed by atoms with Crippen LogP contribution < -0.4 is 5.32 Å². The van der Waals surface area contributed by atoms with Crippen molar-refractivity contribution in [3.8, 4) is 0 Å². The second-order valence-electron chi connectivity index (χ2n) is 4.92. The van der Waals surface area contributed by atoms with Crippen LogP contribution in [0.25, 0.3) is 0 Å². The minimum Gasteiger partial charge on any atom is -0.384 e. The molecule has 2 nitrogen and oxygen atoms in total. The minimum absolute atomic E-state index is 0.251. The molecule has 0 saturated heterocycles. The summed E-state index contributed by atoms with van der Waals surface area (Å²) in [6.07, 6.45) is 0. The van der Waals surface area contributed by atoms with E-state index in [0.717, 1.165) is 6.54 Å². The molecular weight excluding hydrogens is 241 g/mol. The minimum atomic E-state index is -1.10. The van der Waals surface area contributed by atoms with Crippen molar-refractivity contribution < 1.29 is 9.50 Å². The summed E-state index contributed by atoms with van der Waals surface area (Å²) in [6, 6.07) is 4.04. The van der Waals surface area contributed by atoms with Crippen molar-refractivity contribution in [3.05, 3.63) is 34.6 Å². The van der Waals surface area contributed by atoms with Crippen molar-refractivity contribution in [2.45, 2.75) is 26.4 Å². The van der Waals surface area contributed by atoms with E-state index in [9.17, 15) is 9.50 Å². The average molecular weight is 260 g/mol. The third-order valence-corrected chi connectivity index (χ3v) is 2.85. The second-order valence-corrected chi connectivity index (χ2v) is 5.33. The molecule has 1 aromatic rings. The monoisotopic (exact) mass is 259 g/mol. The summed E-state index contributed by atoms with van der Waals surface area (Å²) in [5.74, 6) is 0.110. The van der Waals surface area contributed by atoms with Gasteiger partial charge in [0, 0.05) is 17.1 Å². The summed E-state index contributed by atoms with van der Waals surface area (Å²) >= 11 is 5.93. The standard InChI is InChI=1S/C13H19ClFNO/c1-9(2)7-16-8-13(3,17)11-5-4-10(15)6-12(11)14/h4-6,9,16-17H,7-8H2,1-3H3. The van der Waals surface area contributed by atoms with E-state index in [1.807, 2.05) is 0 Å². The highest BCUT2D eigenvalue weighted by atomic mass is 35.5. The molecule has 0 spiro atoms. The molecule has 0 fully saturated rings. The van der Waals surface area contributed by atoms with Gasteiger partial charge in [-0.1, -0.05) is 31.5 Å². The predicted octanol–water partition coefficient (Wildman–Crippen LogP) is 2.93. The highest BCUT2D eigenvalue weighted by Gasteiger charge is 2.25. The summed E-state index contributed by atoms with van der Waals surface area (Å²) in [5, 5.41) is 13.7. The van der Waals surface area contributed by atoms with Crippen LogP contribution in [0.2, 0.25) is 5.02 Å². The Morgan fingerprint density at radius 1 is 1.47 bits per heavy atom. The zero-order valence-corrected chi connectivity index (χ0v) is 11.2. The second kappa shape index (κ2) is 5.80. The number of nitrogens with one attached hydrogen (secondary N) is 1.